The maximum atomic E-state index is 12.9. The summed E-state index contributed by atoms with van der Waals surface area (Å²) in [5.41, 5.74) is 14.0. The number of ether oxygens (including phenoxy) is 2. The van der Waals surface area contributed by atoms with Crippen molar-refractivity contribution in [2.45, 2.75) is 80.3 Å². The maximum absolute atomic E-state index is 12.9. The lowest BCUT2D eigenvalue weighted by atomic mass is 9.88. The molecule has 0 aliphatic carbocycles. The minimum atomic E-state index is -5.53. The molecule has 0 aromatic rings. The average molecular weight is 641 g/mol. The van der Waals surface area contributed by atoms with E-state index >= 15 is 0 Å². The zero-order chi connectivity index (χ0) is 32.3. The molecule has 2 fully saturated rings. The van der Waals surface area contributed by atoms with Crippen molar-refractivity contribution in [3.05, 3.63) is 22.7 Å². The molecule has 0 aromatic carbocycles. The first-order chi connectivity index (χ1) is 20.0. The highest BCUT2D eigenvalue weighted by atomic mass is 31.2. The van der Waals surface area contributed by atoms with E-state index in [1.807, 2.05) is 0 Å². The third kappa shape index (κ3) is 7.96. The topological polar surface area (TPSA) is 349 Å². The van der Waals surface area contributed by atoms with Crippen molar-refractivity contribution in [3.63, 3.8) is 0 Å². The number of carbonyl (C=O) groups excluding carboxylic acids is 2. The van der Waals surface area contributed by atoms with Gasteiger partial charge in [-0.15, -0.1) is 0 Å². The molecule has 3 amide bonds. The van der Waals surface area contributed by atoms with E-state index in [1.165, 1.54) is 12.3 Å². The average Bonchev–Trinajstić information content (AvgIpc) is 3.19. The summed E-state index contributed by atoms with van der Waals surface area (Å²) >= 11 is 0. The van der Waals surface area contributed by atoms with Crippen LogP contribution < -0.4 is 16.4 Å². The fourth-order valence-corrected chi connectivity index (χ4v) is 5.49. The number of azide groups is 1. The third-order valence-electron chi connectivity index (χ3n) is 6.59. The van der Waals surface area contributed by atoms with E-state index in [2.05, 4.69) is 20.7 Å². The van der Waals surface area contributed by atoms with Gasteiger partial charge in [0.15, 0.2) is 6.23 Å². The highest BCUT2D eigenvalue weighted by molar-refractivity contribution is 7.47. The number of phosphoric ester groups is 1. The Balaban J connectivity index is 1.77. The van der Waals surface area contributed by atoms with E-state index in [4.69, 9.17) is 29.8 Å². The molecule has 3 rings (SSSR count). The second kappa shape index (κ2) is 13.8. The number of carboxylic acids is 1. The fourth-order valence-electron chi connectivity index (χ4n) is 4.54. The van der Waals surface area contributed by atoms with Crippen LogP contribution >= 0.6 is 7.82 Å². The van der Waals surface area contributed by atoms with Gasteiger partial charge in [-0.05, 0) is 11.6 Å². The monoisotopic (exact) mass is 641 g/mol. The van der Waals surface area contributed by atoms with Crippen molar-refractivity contribution in [1.29, 1.82) is 0 Å². The maximum Gasteiger partial charge on any atom is 0.475 e. The van der Waals surface area contributed by atoms with Gasteiger partial charge in [0.25, 0.3) is 5.79 Å². The molecule has 12 unspecified atom stereocenters. The van der Waals surface area contributed by atoms with Crippen LogP contribution in [0, 0.1) is 0 Å². The number of aliphatic hydroxyl groups is 5. The number of hydrogen-bond donors (Lipinski definition) is 10. The van der Waals surface area contributed by atoms with Crippen LogP contribution in [-0.2, 0) is 32.7 Å². The third-order valence-corrected chi connectivity index (χ3v) is 7.59. The Bertz CT molecular complexity index is 1190. The van der Waals surface area contributed by atoms with Gasteiger partial charge >= 0.3 is 19.8 Å². The number of aliphatic hydroxyl groups excluding tert-OH is 5. The second-order valence-electron chi connectivity index (χ2n) is 9.74. The van der Waals surface area contributed by atoms with Crippen LogP contribution in [0.25, 0.3) is 10.4 Å². The second-order valence-corrected chi connectivity index (χ2v) is 11.1. The van der Waals surface area contributed by atoms with E-state index in [-0.39, 0.29) is 0 Å². The van der Waals surface area contributed by atoms with Crippen molar-refractivity contribution < 1.29 is 73.0 Å². The van der Waals surface area contributed by atoms with E-state index in [0.29, 0.717) is 0 Å². The molecule has 23 heteroatoms. The molecule has 0 spiro atoms. The van der Waals surface area contributed by atoms with Crippen molar-refractivity contribution in [2.24, 2.45) is 10.8 Å². The summed E-state index contributed by atoms with van der Waals surface area (Å²) < 4.78 is 33.2. The Hall–Kier alpha value is -2.95. The minimum absolute atomic E-state index is 0.749. The number of nitrogens with zero attached hydrogens (tertiary/aromatic N) is 4. The molecular formula is C20H32N7O15P. The van der Waals surface area contributed by atoms with E-state index in [9.17, 15) is 54.5 Å². The number of nitrogens with one attached hydrogen (secondary N) is 2. The summed E-state index contributed by atoms with van der Waals surface area (Å²) in [5, 5.41) is 69.7. The van der Waals surface area contributed by atoms with Crippen molar-refractivity contribution in [2.75, 3.05) is 13.2 Å². The van der Waals surface area contributed by atoms with E-state index < -0.39 is 112 Å². The number of amides is 3. The zero-order valence-electron chi connectivity index (χ0n) is 22.3. The number of phosphoric acid groups is 1. The molecule has 0 saturated carbocycles. The number of aliphatic carboxylic acids is 1. The van der Waals surface area contributed by atoms with Crippen LogP contribution in [0.5, 0.6) is 0 Å². The first-order valence-electron chi connectivity index (χ1n) is 12.5. The molecule has 0 bridgehead atoms. The summed E-state index contributed by atoms with van der Waals surface area (Å²) in [6, 6.07) is -2.38. The van der Waals surface area contributed by atoms with Gasteiger partial charge in [-0.2, -0.15) is 0 Å². The predicted molar refractivity (Wildman–Crippen MR) is 135 cm³/mol. The van der Waals surface area contributed by atoms with Crippen molar-refractivity contribution in [3.8, 4) is 0 Å². The smallest absolute Gasteiger partial charge is 0.475 e. The van der Waals surface area contributed by atoms with E-state index in [1.54, 1.807) is 0 Å². The Kier molecular flexibility index (Phi) is 11.1. The van der Waals surface area contributed by atoms with Gasteiger partial charge in [0.2, 0.25) is 5.91 Å². The number of hydrogen-bond acceptors (Lipinski definition) is 15. The molecule has 3 aliphatic heterocycles. The number of nitrogens with two attached hydrogens (primary N) is 1. The number of carbonyl (C=O) groups is 3. The molecule has 3 aliphatic rings. The molecule has 22 nitrogen and oxygen atoms in total. The normalized spacial score (nSPS) is 37.0. The molecular weight excluding hydrogens is 609 g/mol. The summed E-state index contributed by atoms with van der Waals surface area (Å²) in [6.45, 7) is -0.742. The van der Waals surface area contributed by atoms with Crippen molar-refractivity contribution in [1.82, 2.24) is 15.5 Å². The van der Waals surface area contributed by atoms with Crippen LogP contribution in [0.2, 0.25) is 0 Å². The van der Waals surface area contributed by atoms with Gasteiger partial charge in [-0.3, -0.25) is 14.2 Å². The summed E-state index contributed by atoms with van der Waals surface area (Å²) in [6.07, 6.45) is -14.0. The highest BCUT2D eigenvalue weighted by Gasteiger charge is 2.59. The highest BCUT2D eigenvalue weighted by Crippen LogP contribution is 2.51. The number of carboxylic acid groups (broad SMARTS) is 1. The molecule has 3 heterocycles. The zero-order valence-corrected chi connectivity index (χ0v) is 23.2. The lowest BCUT2D eigenvalue weighted by Gasteiger charge is -2.46. The van der Waals surface area contributed by atoms with Gasteiger partial charge in [0.1, 0.15) is 30.5 Å². The minimum Gasteiger partial charge on any atom is -0.477 e. The molecule has 12 atom stereocenters. The molecule has 11 N–H and O–H groups in total. The lowest BCUT2D eigenvalue weighted by molar-refractivity contribution is -0.287. The molecule has 2 saturated heterocycles. The SMILES string of the molecule is CC(=O)NC1C(O)CC(OP(=O)(O)OCC2OC(N3C=CC(N)NC3=O)C(O)C2O)(C(=O)O)OC1C(O)C(O)CN=[N+]=[N-]. The summed E-state index contributed by atoms with van der Waals surface area (Å²) in [5.74, 6) is -6.10. The van der Waals surface area contributed by atoms with Crippen LogP contribution in [0.3, 0.4) is 0 Å². The van der Waals surface area contributed by atoms with Crippen LogP contribution in [0.1, 0.15) is 13.3 Å². The van der Waals surface area contributed by atoms with Gasteiger partial charge in [-0.25, -0.2) is 18.7 Å². The Morgan fingerprint density at radius 3 is 2.63 bits per heavy atom. The lowest BCUT2D eigenvalue weighted by Crippen LogP contribution is -2.67. The summed E-state index contributed by atoms with van der Waals surface area (Å²) in [4.78, 5) is 49.8. The summed E-state index contributed by atoms with van der Waals surface area (Å²) in [7, 11) is -5.53. The van der Waals surface area contributed by atoms with Crippen molar-refractivity contribution >= 4 is 25.7 Å². The Morgan fingerprint density at radius 1 is 1.37 bits per heavy atom. The molecule has 242 valence electrons. The standard InChI is InChI=1S/C20H32N7O15P/c1-7(28)24-12-8(29)4-20(18(34)35,41-16(12)13(31)9(30)5-23-26-22)42-43(37,38)39-6-10-14(32)15(33)17(40-10)27-3-2-11(21)25-19(27)36/h2-3,8-17,29-33H,4-6,21H2,1H3,(H,24,28)(H,25,36)(H,34,35)(H,37,38). The first kappa shape index (κ1) is 34.5. The first-order valence-corrected chi connectivity index (χ1v) is 14.0. The number of urea groups is 1. The van der Waals surface area contributed by atoms with Crippen LogP contribution in [0.15, 0.2) is 17.4 Å². The largest absolute Gasteiger partial charge is 0.477 e. The molecule has 43 heavy (non-hydrogen) atoms. The Morgan fingerprint density at radius 2 is 2.05 bits per heavy atom. The number of rotatable bonds is 12. The van der Waals surface area contributed by atoms with Gasteiger partial charge in [-0.1, -0.05) is 5.11 Å². The van der Waals surface area contributed by atoms with Gasteiger partial charge in [0, 0.05) is 24.5 Å². The van der Waals surface area contributed by atoms with Gasteiger partial charge < -0.3 is 61.4 Å². The Labute approximate surface area is 241 Å². The fraction of sp³-hybridized carbons (Fsp3) is 0.750. The van der Waals surface area contributed by atoms with E-state index in [0.717, 1.165) is 11.8 Å². The van der Waals surface area contributed by atoms with Crippen LogP contribution in [-0.4, -0.2) is 138 Å². The molecule has 0 radical (unpaired) electrons. The van der Waals surface area contributed by atoms with Gasteiger partial charge in [0.05, 0.1) is 37.6 Å². The molecule has 0 aromatic heterocycles. The van der Waals surface area contributed by atoms with Crippen LogP contribution in [0.4, 0.5) is 4.79 Å². The quantitative estimate of drug-likeness (QED) is 0.0418. The predicted octanol–water partition coefficient (Wildman–Crippen LogP) is -4.14.